The van der Waals surface area contributed by atoms with Gasteiger partial charge < -0.3 is 9.47 Å². The summed E-state index contributed by atoms with van der Waals surface area (Å²) < 4.78 is 12.1. The maximum Gasteiger partial charge on any atom is 0.216 e. The first-order chi connectivity index (χ1) is 8.21. The zero-order valence-corrected chi connectivity index (χ0v) is 10.2. The van der Waals surface area contributed by atoms with Gasteiger partial charge in [0.05, 0.1) is 27.0 Å². The molecule has 90 valence electrons. The summed E-state index contributed by atoms with van der Waals surface area (Å²) in [5.41, 5.74) is 2.18. The molecule has 5 nitrogen and oxygen atoms in total. The predicted octanol–water partition coefficient (Wildman–Crippen LogP) is 1.65. The van der Waals surface area contributed by atoms with Crippen LogP contribution in [0.3, 0.4) is 0 Å². The summed E-state index contributed by atoms with van der Waals surface area (Å²) >= 11 is 0. The Morgan fingerprint density at radius 1 is 1.18 bits per heavy atom. The van der Waals surface area contributed by atoms with Crippen molar-refractivity contribution in [2.24, 2.45) is 0 Å². The lowest BCUT2D eigenvalue weighted by atomic mass is 10.2. The average Bonchev–Trinajstić information content (AvgIpc) is 2.74. The number of pyridine rings is 1. The molecule has 0 amide bonds. The minimum atomic E-state index is 0.545. The van der Waals surface area contributed by atoms with E-state index in [4.69, 9.17) is 9.47 Å². The van der Waals surface area contributed by atoms with E-state index in [0.717, 1.165) is 11.1 Å². The Kier molecular flexibility index (Phi) is 3.27. The third kappa shape index (κ3) is 2.75. The van der Waals surface area contributed by atoms with Crippen molar-refractivity contribution in [2.75, 3.05) is 14.2 Å². The van der Waals surface area contributed by atoms with Gasteiger partial charge in [-0.3, -0.25) is 4.68 Å². The van der Waals surface area contributed by atoms with Gasteiger partial charge >= 0.3 is 0 Å². The van der Waals surface area contributed by atoms with E-state index in [-0.39, 0.29) is 0 Å². The number of ether oxygens (including phenoxy) is 2. The first-order valence-electron chi connectivity index (χ1n) is 5.29. The molecular weight excluding hydrogens is 218 g/mol. The molecule has 0 saturated heterocycles. The van der Waals surface area contributed by atoms with Gasteiger partial charge in [-0.2, -0.15) is 10.1 Å². The van der Waals surface area contributed by atoms with Crippen molar-refractivity contribution in [1.29, 1.82) is 0 Å². The zero-order chi connectivity index (χ0) is 12.3. The van der Waals surface area contributed by atoms with Crippen molar-refractivity contribution in [3.8, 4) is 11.8 Å². The fourth-order valence-electron chi connectivity index (χ4n) is 1.57. The van der Waals surface area contributed by atoms with Crippen molar-refractivity contribution in [2.45, 2.75) is 13.5 Å². The van der Waals surface area contributed by atoms with Crippen molar-refractivity contribution in [3.05, 3.63) is 35.7 Å². The molecule has 0 saturated carbocycles. The number of rotatable bonds is 4. The van der Waals surface area contributed by atoms with Gasteiger partial charge in [0.1, 0.15) is 0 Å². The van der Waals surface area contributed by atoms with Crippen molar-refractivity contribution < 1.29 is 9.47 Å². The van der Waals surface area contributed by atoms with Crippen LogP contribution in [0.5, 0.6) is 11.8 Å². The zero-order valence-electron chi connectivity index (χ0n) is 10.2. The van der Waals surface area contributed by atoms with E-state index in [1.807, 2.05) is 36.1 Å². The van der Waals surface area contributed by atoms with Crippen LogP contribution in [-0.2, 0) is 6.54 Å². The maximum absolute atomic E-state index is 5.12. The number of hydrogen-bond donors (Lipinski definition) is 0. The van der Waals surface area contributed by atoms with E-state index >= 15 is 0 Å². The summed E-state index contributed by atoms with van der Waals surface area (Å²) in [7, 11) is 3.17. The van der Waals surface area contributed by atoms with E-state index in [2.05, 4.69) is 10.1 Å². The Balaban J connectivity index is 2.25. The molecule has 0 spiro atoms. The van der Waals surface area contributed by atoms with Gasteiger partial charge in [0.25, 0.3) is 0 Å². The second-order valence-electron chi connectivity index (χ2n) is 3.78. The molecular formula is C12H15N3O2. The largest absolute Gasteiger partial charge is 0.481 e. The highest BCUT2D eigenvalue weighted by atomic mass is 16.5. The molecule has 2 aromatic heterocycles. The quantitative estimate of drug-likeness (QED) is 0.805. The molecule has 0 fully saturated rings. The van der Waals surface area contributed by atoms with E-state index in [9.17, 15) is 0 Å². The fraction of sp³-hybridized carbons (Fsp3) is 0.333. The lowest BCUT2D eigenvalue weighted by molar-refractivity contribution is 0.363. The van der Waals surface area contributed by atoms with Crippen LogP contribution in [0.4, 0.5) is 0 Å². The molecule has 0 bridgehead atoms. The Morgan fingerprint density at radius 3 is 2.29 bits per heavy atom. The molecule has 0 N–H and O–H groups in total. The SMILES string of the molecule is COc1cc(Cn2cc(C)cn2)cc(OC)n1. The highest BCUT2D eigenvalue weighted by molar-refractivity contribution is 5.28. The van der Waals surface area contributed by atoms with Crippen LogP contribution in [-0.4, -0.2) is 29.0 Å². The highest BCUT2D eigenvalue weighted by Crippen LogP contribution is 2.18. The second kappa shape index (κ2) is 4.86. The summed E-state index contributed by atoms with van der Waals surface area (Å²) in [6.45, 7) is 2.68. The fourth-order valence-corrected chi connectivity index (χ4v) is 1.57. The van der Waals surface area contributed by atoms with Crippen LogP contribution in [0, 0.1) is 6.92 Å². The molecule has 0 aromatic carbocycles. The number of aromatic nitrogens is 3. The molecule has 0 aliphatic carbocycles. The minimum absolute atomic E-state index is 0.545. The smallest absolute Gasteiger partial charge is 0.216 e. The Labute approximate surface area is 100 Å². The van der Waals surface area contributed by atoms with E-state index in [1.54, 1.807) is 14.2 Å². The van der Waals surface area contributed by atoms with Crippen LogP contribution < -0.4 is 9.47 Å². The van der Waals surface area contributed by atoms with Crippen molar-refractivity contribution in [3.63, 3.8) is 0 Å². The average molecular weight is 233 g/mol. The molecule has 0 radical (unpaired) electrons. The standard InChI is InChI=1S/C12H15N3O2/c1-9-6-13-15(7-9)8-10-4-11(16-2)14-12(5-10)17-3/h4-7H,8H2,1-3H3. The Bertz CT molecular complexity index is 486. The van der Waals surface area contributed by atoms with Crippen molar-refractivity contribution in [1.82, 2.24) is 14.8 Å². The first kappa shape index (κ1) is 11.4. The molecule has 2 rings (SSSR count). The van der Waals surface area contributed by atoms with Gasteiger partial charge in [0.2, 0.25) is 11.8 Å². The van der Waals surface area contributed by atoms with E-state index in [0.29, 0.717) is 18.3 Å². The first-order valence-corrected chi connectivity index (χ1v) is 5.29. The molecule has 0 atom stereocenters. The van der Waals surface area contributed by atoms with Gasteiger partial charge in [-0.1, -0.05) is 0 Å². The second-order valence-corrected chi connectivity index (χ2v) is 3.78. The number of methoxy groups -OCH3 is 2. The molecule has 2 heterocycles. The topological polar surface area (TPSA) is 49.2 Å². The molecule has 0 aliphatic heterocycles. The number of nitrogens with zero attached hydrogens (tertiary/aromatic N) is 3. The van der Waals surface area contributed by atoms with E-state index < -0.39 is 0 Å². The normalized spacial score (nSPS) is 10.3. The molecule has 0 aliphatic rings. The lowest BCUT2D eigenvalue weighted by Gasteiger charge is -2.07. The van der Waals surface area contributed by atoms with Crippen molar-refractivity contribution >= 4 is 0 Å². The van der Waals surface area contributed by atoms with Gasteiger partial charge in [-0.15, -0.1) is 0 Å². The number of aryl methyl sites for hydroxylation is 1. The van der Waals surface area contributed by atoms with Crippen LogP contribution >= 0.6 is 0 Å². The lowest BCUT2D eigenvalue weighted by Crippen LogP contribution is -2.02. The van der Waals surface area contributed by atoms with Crippen LogP contribution in [0.15, 0.2) is 24.5 Å². The monoisotopic (exact) mass is 233 g/mol. The third-order valence-electron chi connectivity index (χ3n) is 2.36. The molecule has 2 aromatic rings. The Morgan fingerprint density at radius 2 is 1.82 bits per heavy atom. The maximum atomic E-state index is 5.12. The van der Waals surface area contributed by atoms with Crippen LogP contribution in [0.25, 0.3) is 0 Å². The molecule has 17 heavy (non-hydrogen) atoms. The number of hydrogen-bond acceptors (Lipinski definition) is 4. The molecule has 5 heteroatoms. The van der Waals surface area contributed by atoms with Gasteiger partial charge in [0, 0.05) is 18.3 Å². The highest BCUT2D eigenvalue weighted by Gasteiger charge is 2.04. The minimum Gasteiger partial charge on any atom is -0.481 e. The summed E-state index contributed by atoms with van der Waals surface area (Å²) in [5.74, 6) is 1.09. The van der Waals surface area contributed by atoms with Gasteiger partial charge in [-0.05, 0) is 18.1 Å². The van der Waals surface area contributed by atoms with Gasteiger partial charge in [0.15, 0.2) is 0 Å². The predicted molar refractivity (Wildman–Crippen MR) is 63.4 cm³/mol. The molecule has 0 unspecified atom stereocenters. The van der Waals surface area contributed by atoms with E-state index in [1.165, 1.54) is 0 Å². The summed E-state index contributed by atoms with van der Waals surface area (Å²) in [4.78, 5) is 4.14. The van der Waals surface area contributed by atoms with Crippen LogP contribution in [0.1, 0.15) is 11.1 Å². The Hall–Kier alpha value is -2.04. The van der Waals surface area contributed by atoms with Crippen LogP contribution in [0.2, 0.25) is 0 Å². The third-order valence-corrected chi connectivity index (χ3v) is 2.36. The van der Waals surface area contributed by atoms with Gasteiger partial charge in [-0.25, -0.2) is 0 Å². The summed E-state index contributed by atoms with van der Waals surface area (Å²) in [5, 5.41) is 4.24. The summed E-state index contributed by atoms with van der Waals surface area (Å²) in [6.07, 6.45) is 3.81. The summed E-state index contributed by atoms with van der Waals surface area (Å²) in [6, 6.07) is 3.75.